The van der Waals surface area contributed by atoms with Gasteiger partial charge in [0, 0.05) is 48.3 Å². The molecule has 2 aromatic rings. The number of pyridine rings is 1. The van der Waals surface area contributed by atoms with Crippen molar-refractivity contribution in [3.05, 3.63) is 63.0 Å². The van der Waals surface area contributed by atoms with Gasteiger partial charge in [-0.15, -0.1) is 0 Å². The van der Waals surface area contributed by atoms with Crippen LogP contribution in [0.25, 0.3) is 0 Å². The molecule has 2 heterocycles. The van der Waals surface area contributed by atoms with Gasteiger partial charge in [0.15, 0.2) is 5.43 Å². The molecule has 144 valence electrons. The minimum Gasteiger partial charge on any atom is -0.483 e. The number of amides is 1. The molecule has 0 bridgehead atoms. The first-order valence-corrected chi connectivity index (χ1v) is 8.88. The minimum atomic E-state index is -0.322. The molecule has 0 radical (unpaired) electrons. The van der Waals surface area contributed by atoms with Crippen LogP contribution in [0.15, 0.2) is 41.3 Å². The largest absolute Gasteiger partial charge is 0.483 e. The Balaban J connectivity index is 0.000000817. The van der Waals surface area contributed by atoms with E-state index < -0.39 is 0 Å². The fourth-order valence-corrected chi connectivity index (χ4v) is 3.17. The topological polar surface area (TPSA) is 103 Å². The Hall–Kier alpha value is -2.80. The van der Waals surface area contributed by atoms with Crippen molar-refractivity contribution in [3.63, 3.8) is 0 Å². The molecule has 1 fully saturated rings. The van der Waals surface area contributed by atoms with Crippen LogP contribution < -0.4 is 15.6 Å². The molecule has 27 heavy (non-hydrogen) atoms. The highest BCUT2D eigenvalue weighted by atomic mass is 35.5. The van der Waals surface area contributed by atoms with E-state index in [1.807, 2.05) is 24.3 Å². The molecule has 0 spiro atoms. The highest BCUT2D eigenvalue weighted by molar-refractivity contribution is 6.30. The molecule has 8 heteroatoms. The van der Waals surface area contributed by atoms with E-state index in [1.54, 1.807) is 6.92 Å². The van der Waals surface area contributed by atoms with Crippen molar-refractivity contribution < 1.29 is 14.7 Å². The van der Waals surface area contributed by atoms with Gasteiger partial charge in [-0.3, -0.25) is 14.4 Å². The highest BCUT2D eigenvalue weighted by Crippen LogP contribution is 2.25. The lowest BCUT2D eigenvalue weighted by molar-refractivity contribution is -0.122. The Morgan fingerprint density at radius 1 is 1.44 bits per heavy atom. The summed E-state index contributed by atoms with van der Waals surface area (Å²) in [5, 5.41) is 10.5. The van der Waals surface area contributed by atoms with Crippen molar-refractivity contribution in [1.82, 2.24) is 10.3 Å². The fourth-order valence-electron chi connectivity index (χ4n) is 2.99. The normalized spacial score (nSPS) is 15.6. The van der Waals surface area contributed by atoms with Crippen LogP contribution in [-0.4, -0.2) is 42.1 Å². The Labute approximate surface area is 162 Å². The number of aryl methyl sites for hydroxylation is 1. The Morgan fingerprint density at radius 3 is 2.85 bits per heavy atom. The van der Waals surface area contributed by atoms with Crippen LogP contribution in [0.2, 0.25) is 5.02 Å². The van der Waals surface area contributed by atoms with Gasteiger partial charge in [0.05, 0.1) is 0 Å². The van der Waals surface area contributed by atoms with Crippen LogP contribution in [0.3, 0.4) is 0 Å². The van der Waals surface area contributed by atoms with E-state index in [4.69, 9.17) is 21.5 Å². The lowest BCUT2D eigenvalue weighted by atomic mass is 10.1. The van der Waals surface area contributed by atoms with Gasteiger partial charge >= 0.3 is 0 Å². The summed E-state index contributed by atoms with van der Waals surface area (Å²) in [4.78, 5) is 37.5. The second-order valence-electron chi connectivity index (χ2n) is 6.29. The van der Waals surface area contributed by atoms with Crippen LogP contribution in [0.1, 0.15) is 22.5 Å². The summed E-state index contributed by atoms with van der Waals surface area (Å²) >= 11 is 6.04. The molecule has 1 aromatic heterocycles. The van der Waals surface area contributed by atoms with E-state index in [9.17, 15) is 9.59 Å². The minimum absolute atomic E-state index is 0.158. The number of benzene rings is 1. The van der Waals surface area contributed by atoms with Crippen molar-refractivity contribution in [1.29, 1.82) is 0 Å². The van der Waals surface area contributed by atoms with E-state index in [0.717, 1.165) is 35.9 Å². The maximum absolute atomic E-state index is 12.2. The standard InChI is InChI=1S/C18H20ClN3O2.CH2O2/c1-12-7-17(23)16(10-20-12)18(24)21-9-13-5-6-22(11-13)15-4-2-3-14(19)8-15;2-1-3/h2-4,7-8,10,13H,5-6,9,11H2,1H3,(H,20,23)(H,21,24);1H,(H,2,3). The molecule has 3 N–H and O–H groups in total. The van der Waals surface area contributed by atoms with Gasteiger partial charge in [-0.25, -0.2) is 0 Å². The first-order valence-electron chi connectivity index (χ1n) is 8.50. The van der Waals surface area contributed by atoms with Gasteiger partial charge in [0.25, 0.3) is 12.4 Å². The predicted molar refractivity (Wildman–Crippen MR) is 105 cm³/mol. The van der Waals surface area contributed by atoms with Crippen molar-refractivity contribution in [3.8, 4) is 0 Å². The molecule has 1 aromatic carbocycles. The molecular weight excluding hydrogens is 370 g/mol. The third kappa shape index (κ3) is 5.86. The average Bonchev–Trinajstić information content (AvgIpc) is 3.09. The summed E-state index contributed by atoms with van der Waals surface area (Å²) in [6.45, 7) is 3.89. The molecule has 1 unspecified atom stereocenters. The molecule has 1 amide bonds. The molecule has 0 saturated carbocycles. The maximum atomic E-state index is 12.2. The quantitative estimate of drug-likeness (QED) is 0.694. The fraction of sp³-hybridized carbons (Fsp3) is 0.316. The van der Waals surface area contributed by atoms with E-state index in [0.29, 0.717) is 12.5 Å². The molecule has 1 aliphatic rings. The molecule has 3 rings (SSSR count). The summed E-state index contributed by atoms with van der Waals surface area (Å²) in [5.41, 5.74) is 1.75. The van der Waals surface area contributed by atoms with Gasteiger partial charge in [0.2, 0.25) is 0 Å². The van der Waals surface area contributed by atoms with Crippen LogP contribution in [0, 0.1) is 12.8 Å². The second kappa shape index (κ2) is 9.78. The van der Waals surface area contributed by atoms with Gasteiger partial charge in [0.1, 0.15) is 5.56 Å². The van der Waals surface area contributed by atoms with Crippen molar-refractivity contribution in [2.24, 2.45) is 5.92 Å². The zero-order chi connectivity index (χ0) is 19.8. The van der Waals surface area contributed by atoms with Gasteiger partial charge < -0.3 is 20.3 Å². The number of rotatable bonds is 4. The number of halogens is 1. The van der Waals surface area contributed by atoms with E-state index in [1.165, 1.54) is 12.3 Å². The van der Waals surface area contributed by atoms with Gasteiger partial charge in [-0.1, -0.05) is 17.7 Å². The van der Waals surface area contributed by atoms with Crippen molar-refractivity contribution in [2.45, 2.75) is 13.3 Å². The van der Waals surface area contributed by atoms with Gasteiger partial charge in [-0.2, -0.15) is 0 Å². The number of carbonyl (C=O) groups excluding carboxylic acids is 1. The smallest absolute Gasteiger partial charge is 0.290 e. The number of aromatic amines is 1. The Kier molecular flexibility index (Phi) is 7.43. The zero-order valence-corrected chi connectivity index (χ0v) is 15.7. The van der Waals surface area contributed by atoms with Crippen LogP contribution in [-0.2, 0) is 4.79 Å². The van der Waals surface area contributed by atoms with Crippen molar-refractivity contribution >= 4 is 29.7 Å². The summed E-state index contributed by atoms with van der Waals surface area (Å²) in [6, 6.07) is 9.23. The first-order chi connectivity index (χ1) is 12.9. The summed E-state index contributed by atoms with van der Waals surface area (Å²) in [7, 11) is 0. The number of aromatic nitrogens is 1. The Morgan fingerprint density at radius 2 is 2.19 bits per heavy atom. The number of hydrogen-bond donors (Lipinski definition) is 3. The van der Waals surface area contributed by atoms with Crippen LogP contribution >= 0.6 is 11.6 Å². The van der Waals surface area contributed by atoms with Gasteiger partial charge in [-0.05, 0) is 37.5 Å². The molecular formula is C19H22ClN3O4. The second-order valence-corrected chi connectivity index (χ2v) is 6.73. The SMILES string of the molecule is Cc1cc(=O)c(C(=O)NCC2CCN(c3cccc(Cl)c3)C2)c[nH]1.O=CO. The first kappa shape index (κ1) is 20.5. The Bertz CT molecular complexity index is 853. The third-order valence-corrected chi connectivity index (χ3v) is 4.55. The van der Waals surface area contributed by atoms with E-state index in [2.05, 4.69) is 15.2 Å². The molecule has 1 aliphatic heterocycles. The highest BCUT2D eigenvalue weighted by Gasteiger charge is 2.23. The number of nitrogens with zero attached hydrogens (tertiary/aromatic N) is 1. The number of carboxylic acid groups (broad SMARTS) is 1. The molecule has 1 saturated heterocycles. The van der Waals surface area contributed by atoms with Crippen LogP contribution in [0.4, 0.5) is 5.69 Å². The average molecular weight is 392 g/mol. The number of nitrogens with one attached hydrogen (secondary N) is 2. The predicted octanol–water partition coefficient (Wildman–Crippen LogP) is 2.29. The number of anilines is 1. The number of hydrogen-bond acceptors (Lipinski definition) is 4. The van der Waals surface area contributed by atoms with E-state index >= 15 is 0 Å². The summed E-state index contributed by atoms with van der Waals surface area (Å²) in [5.74, 6) is 0.0370. The molecule has 1 atom stereocenters. The molecule has 0 aliphatic carbocycles. The molecule has 7 nitrogen and oxygen atoms in total. The van der Waals surface area contributed by atoms with Crippen molar-refractivity contribution in [2.75, 3.05) is 24.5 Å². The number of H-pyrrole nitrogens is 1. The zero-order valence-electron chi connectivity index (χ0n) is 14.9. The van der Waals surface area contributed by atoms with Crippen LogP contribution in [0.5, 0.6) is 0 Å². The number of carbonyl (C=O) groups is 2. The summed E-state index contributed by atoms with van der Waals surface area (Å²) in [6.07, 6.45) is 2.47. The third-order valence-electron chi connectivity index (χ3n) is 4.31. The van der Waals surface area contributed by atoms with E-state index in [-0.39, 0.29) is 23.4 Å². The summed E-state index contributed by atoms with van der Waals surface area (Å²) < 4.78 is 0. The maximum Gasteiger partial charge on any atom is 0.290 e. The monoisotopic (exact) mass is 391 g/mol. The lowest BCUT2D eigenvalue weighted by Gasteiger charge is -2.19. The lowest BCUT2D eigenvalue weighted by Crippen LogP contribution is -2.33.